The predicted octanol–water partition coefficient (Wildman–Crippen LogP) is 10.2. The molecule has 0 radical (unpaired) electrons. The molecule has 3 unspecified atom stereocenters. The Hall–Kier alpha value is -1.85. The molecule has 0 aliphatic heterocycles. The summed E-state index contributed by atoms with van der Waals surface area (Å²) < 4.78 is 8.22. The van der Waals surface area contributed by atoms with Gasteiger partial charge in [0.25, 0.3) is 0 Å². The molecule has 8 nitrogen and oxygen atoms in total. The van der Waals surface area contributed by atoms with Gasteiger partial charge >= 0.3 is 8.60 Å². The number of hydrogen-bond donors (Lipinski definition) is 6. The molecule has 0 heterocycles. The Labute approximate surface area is 292 Å². The van der Waals surface area contributed by atoms with E-state index < -0.39 is 26.7 Å². The molecule has 11 heteroatoms. The molecule has 3 atom stereocenters. The lowest BCUT2D eigenvalue weighted by Crippen LogP contribution is -2.17. The van der Waals surface area contributed by atoms with Gasteiger partial charge in [-0.15, -0.1) is 0 Å². The van der Waals surface area contributed by atoms with Crippen molar-refractivity contribution < 1.29 is 38.6 Å². The number of hydrogen-bond acceptors (Lipinski definition) is 8. The highest BCUT2D eigenvalue weighted by molar-refractivity contribution is 7.54. The van der Waals surface area contributed by atoms with Gasteiger partial charge in [0.1, 0.15) is 17.2 Å². The molecule has 0 saturated heterocycles. The number of benzene rings is 3. The Bertz CT molecular complexity index is 1460. The summed E-state index contributed by atoms with van der Waals surface area (Å²) in [5.41, 5.74) is 9.11. The second-order valence-corrected chi connectivity index (χ2v) is 18.0. The van der Waals surface area contributed by atoms with Crippen molar-refractivity contribution in [2.75, 3.05) is 0 Å². The first-order valence-electron chi connectivity index (χ1n) is 16.1. The summed E-state index contributed by atoms with van der Waals surface area (Å²) in [5, 5.41) is 32.6. The standard InChI is InChI=1S/C37H52O3.H5O5P3/c1-21(25-18-29(35(5,6)7)32(38)15-22(25)2)14-28(26-19-30(36(8,9)10)33(39)16-23(26)3)27-20-31(37(11,12)13)34(40)17-24(27)4;1-6-4-8(3)5-7-2/h15-21,28,38-40H,14H2,1-13H3;1-3,6-7H. The van der Waals surface area contributed by atoms with Crippen molar-refractivity contribution >= 4 is 26.7 Å². The lowest BCUT2D eigenvalue weighted by atomic mass is 9.74. The lowest BCUT2D eigenvalue weighted by molar-refractivity contribution is 0.385. The second kappa shape index (κ2) is 16.9. The monoisotopic (exact) mass is 722 g/mol. The van der Waals surface area contributed by atoms with Gasteiger partial charge in [0.15, 0.2) is 18.1 Å². The first-order valence-corrected chi connectivity index (χ1v) is 18.9. The van der Waals surface area contributed by atoms with Crippen LogP contribution in [0.25, 0.3) is 0 Å². The van der Waals surface area contributed by atoms with Crippen LogP contribution in [0.3, 0.4) is 0 Å². The van der Waals surface area contributed by atoms with Crippen LogP contribution in [0, 0.1) is 20.8 Å². The molecular formula is C37H57O8P3. The van der Waals surface area contributed by atoms with E-state index in [9.17, 15) is 15.3 Å². The average molecular weight is 723 g/mol. The summed E-state index contributed by atoms with van der Waals surface area (Å²) in [6.07, 6.45) is 0.847. The Kier molecular flexibility index (Phi) is 14.9. The van der Waals surface area contributed by atoms with E-state index in [0.29, 0.717) is 17.2 Å². The fourth-order valence-corrected chi connectivity index (χ4v) is 7.25. The van der Waals surface area contributed by atoms with Gasteiger partial charge in [-0.2, -0.15) is 0 Å². The molecule has 0 saturated carbocycles. The highest BCUT2D eigenvalue weighted by Crippen LogP contribution is 2.46. The first-order chi connectivity index (χ1) is 21.9. The van der Waals surface area contributed by atoms with Crippen molar-refractivity contribution in [3.8, 4) is 17.2 Å². The van der Waals surface area contributed by atoms with Crippen LogP contribution in [0.15, 0.2) is 36.4 Å². The zero-order valence-electron chi connectivity index (χ0n) is 30.8. The molecule has 3 rings (SSSR count). The Balaban J connectivity index is 0.000000886. The molecule has 0 bridgehead atoms. The zero-order valence-corrected chi connectivity index (χ0v) is 33.7. The van der Waals surface area contributed by atoms with Crippen LogP contribution in [-0.4, -0.2) is 30.0 Å². The lowest BCUT2D eigenvalue weighted by Gasteiger charge is -2.31. The second-order valence-electron chi connectivity index (χ2n) is 15.7. The molecule has 6 N–H and O–H groups in total. The number of phenolic OH excluding ortho intramolecular Hbond substituents is 3. The third-order valence-electron chi connectivity index (χ3n) is 8.69. The minimum absolute atomic E-state index is 0.0460. The van der Waals surface area contributed by atoms with Crippen LogP contribution in [0.5, 0.6) is 17.2 Å². The SMILES string of the molecule is Cc1cc(O)c(C(C)(C)C)cc1C(C)CC(c1cc(C(C)(C)C)c(O)cc1C)c1cc(C(C)(C)C)c(O)cc1C.OPOP(O)OPO. The molecular weight excluding hydrogens is 665 g/mol. The van der Waals surface area contributed by atoms with E-state index in [0.717, 1.165) is 39.8 Å². The highest BCUT2D eigenvalue weighted by Gasteiger charge is 2.30. The van der Waals surface area contributed by atoms with Crippen LogP contribution >= 0.6 is 26.7 Å². The topological polar surface area (TPSA) is 140 Å². The van der Waals surface area contributed by atoms with E-state index in [1.54, 1.807) is 0 Å². The molecule has 0 amide bonds. The third kappa shape index (κ3) is 11.1. The van der Waals surface area contributed by atoms with Crippen molar-refractivity contribution in [3.05, 3.63) is 86.5 Å². The number of phenols is 3. The first kappa shape index (κ1) is 42.3. The summed E-state index contributed by atoms with van der Waals surface area (Å²) in [4.78, 5) is 24.3. The van der Waals surface area contributed by atoms with Gasteiger partial charge in [-0.3, -0.25) is 8.62 Å². The van der Waals surface area contributed by atoms with Crippen molar-refractivity contribution in [2.45, 2.75) is 125 Å². The molecule has 268 valence electrons. The van der Waals surface area contributed by atoms with E-state index >= 15 is 0 Å². The fourth-order valence-electron chi connectivity index (χ4n) is 6.20. The minimum atomic E-state index is -2.06. The van der Waals surface area contributed by atoms with E-state index in [2.05, 4.69) is 117 Å². The van der Waals surface area contributed by atoms with E-state index in [1.165, 1.54) is 16.7 Å². The van der Waals surface area contributed by atoms with Crippen LogP contribution in [0.1, 0.15) is 138 Å². The summed E-state index contributed by atoms with van der Waals surface area (Å²) >= 11 is 0. The van der Waals surface area contributed by atoms with E-state index in [1.807, 2.05) is 18.2 Å². The predicted molar refractivity (Wildman–Crippen MR) is 202 cm³/mol. The maximum atomic E-state index is 10.9. The maximum Gasteiger partial charge on any atom is 0.340 e. The van der Waals surface area contributed by atoms with Gasteiger partial charge in [-0.25, -0.2) is 0 Å². The van der Waals surface area contributed by atoms with Crippen molar-refractivity contribution in [1.29, 1.82) is 0 Å². The van der Waals surface area contributed by atoms with Gasteiger partial charge in [-0.05, 0) is 118 Å². The molecule has 0 aliphatic rings. The van der Waals surface area contributed by atoms with Crippen LogP contribution in [-0.2, 0) is 24.9 Å². The average Bonchev–Trinajstić information content (AvgIpc) is 2.91. The van der Waals surface area contributed by atoms with Gasteiger partial charge in [0.05, 0.1) is 0 Å². The van der Waals surface area contributed by atoms with Crippen molar-refractivity contribution in [3.63, 3.8) is 0 Å². The van der Waals surface area contributed by atoms with Crippen LogP contribution in [0.4, 0.5) is 0 Å². The quantitative estimate of drug-likeness (QED) is 0.120. The molecule has 48 heavy (non-hydrogen) atoms. The maximum absolute atomic E-state index is 10.9. The summed E-state index contributed by atoms with van der Waals surface area (Å²) in [6, 6.07) is 12.3. The van der Waals surface area contributed by atoms with Crippen molar-refractivity contribution in [2.24, 2.45) is 0 Å². The van der Waals surface area contributed by atoms with Crippen LogP contribution < -0.4 is 0 Å². The van der Waals surface area contributed by atoms with Gasteiger partial charge < -0.3 is 30.0 Å². The van der Waals surface area contributed by atoms with E-state index in [4.69, 9.17) is 14.7 Å². The Morgan fingerprint density at radius 3 is 1.17 bits per heavy atom. The van der Waals surface area contributed by atoms with Gasteiger partial charge in [0.2, 0.25) is 0 Å². The minimum Gasteiger partial charge on any atom is -0.508 e. The normalized spacial score (nSPS) is 14.2. The molecule has 3 aromatic rings. The fraction of sp³-hybridized carbons (Fsp3) is 0.514. The summed E-state index contributed by atoms with van der Waals surface area (Å²) in [6.45, 7) is 27.7. The van der Waals surface area contributed by atoms with Crippen molar-refractivity contribution in [1.82, 2.24) is 0 Å². The Morgan fingerprint density at radius 2 is 0.875 bits per heavy atom. The number of aromatic hydroxyl groups is 3. The van der Waals surface area contributed by atoms with Crippen LogP contribution in [0.2, 0.25) is 0 Å². The summed E-state index contributed by atoms with van der Waals surface area (Å²) in [7, 11) is -3.67. The van der Waals surface area contributed by atoms with Gasteiger partial charge in [0, 0.05) is 5.92 Å². The molecule has 0 aliphatic carbocycles. The number of rotatable bonds is 9. The zero-order chi connectivity index (χ0) is 36.9. The third-order valence-corrected chi connectivity index (χ3v) is 10.6. The molecule has 0 aromatic heterocycles. The van der Waals surface area contributed by atoms with Gasteiger partial charge in [-0.1, -0.05) is 87.4 Å². The molecule has 0 spiro atoms. The number of aryl methyl sites for hydroxylation is 3. The summed E-state index contributed by atoms with van der Waals surface area (Å²) in [5.74, 6) is 1.27. The van der Waals surface area contributed by atoms with E-state index in [-0.39, 0.29) is 28.1 Å². The molecule has 0 fully saturated rings. The molecule has 3 aromatic carbocycles. The smallest absolute Gasteiger partial charge is 0.340 e. The largest absolute Gasteiger partial charge is 0.508 e. The Morgan fingerprint density at radius 1 is 0.583 bits per heavy atom. The highest BCUT2D eigenvalue weighted by atomic mass is 31.2.